The summed E-state index contributed by atoms with van der Waals surface area (Å²) in [5.74, 6) is 1.65. The van der Waals surface area contributed by atoms with Gasteiger partial charge in [-0.05, 0) is 37.0 Å². The van der Waals surface area contributed by atoms with Crippen LogP contribution in [0.5, 0.6) is 0 Å². The van der Waals surface area contributed by atoms with Crippen molar-refractivity contribution in [2.45, 2.75) is 18.0 Å². The van der Waals surface area contributed by atoms with Crippen LogP contribution in [0, 0.1) is 0 Å². The molecule has 0 bridgehead atoms. The van der Waals surface area contributed by atoms with Gasteiger partial charge in [-0.25, -0.2) is 13.1 Å². The zero-order valence-electron chi connectivity index (χ0n) is 14.3. The molecule has 0 spiro atoms. The summed E-state index contributed by atoms with van der Waals surface area (Å²) in [4.78, 5) is 1.23. The van der Waals surface area contributed by atoms with Gasteiger partial charge in [0.2, 0.25) is 10.0 Å². The summed E-state index contributed by atoms with van der Waals surface area (Å²) < 4.78 is 27.4. The van der Waals surface area contributed by atoms with Crippen LogP contribution in [-0.2, 0) is 16.4 Å². The highest BCUT2D eigenvalue weighted by Gasteiger charge is 2.15. The predicted octanol–water partition coefficient (Wildman–Crippen LogP) is 2.95. The Bertz CT molecular complexity index is 922. The van der Waals surface area contributed by atoms with E-state index >= 15 is 0 Å². The largest absolute Gasteiger partial charge is 0.274 e. The average Bonchev–Trinajstić information content (AvgIpc) is 3.30. The van der Waals surface area contributed by atoms with Crippen molar-refractivity contribution in [1.82, 2.24) is 19.5 Å². The maximum absolute atomic E-state index is 11.5. The van der Waals surface area contributed by atoms with Crippen LogP contribution in [0.4, 0.5) is 0 Å². The molecule has 0 saturated carbocycles. The molecule has 0 atom stereocenters. The van der Waals surface area contributed by atoms with Crippen LogP contribution in [0.25, 0.3) is 5.69 Å². The zero-order valence-corrected chi connectivity index (χ0v) is 16.8. The summed E-state index contributed by atoms with van der Waals surface area (Å²) in [6.45, 7) is 0. The molecule has 0 amide bonds. The number of thioether (sulfide) groups is 1. The molecule has 1 aromatic carbocycles. The first-order valence-corrected chi connectivity index (χ1v) is 11.7. The maximum atomic E-state index is 11.5. The van der Waals surface area contributed by atoms with Gasteiger partial charge in [0.05, 0.1) is 5.75 Å². The minimum absolute atomic E-state index is 0.109. The molecule has 9 heteroatoms. The molecule has 3 aromatic rings. The van der Waals surface area contributed by atoms with Crippen molar-refractivity contribution in [3.63, 3.8) is 0 Å². The molecular formula is C17H20N4O2S3. The number of nitrogens with one attached hydrogen (secondary N) is 1. The van der Waals surface area contributed by atoms with Gasteiger partial charge in [0.1, 0.15) is 5.82 Å². The molecule has 0 radical (unpaired) electrons. The monoisotopic (exact) mass is 408 g/mol. The fourth-order valence-electron chi connectivity index (χ4n) is 2.43. The van der Waals surface area contributed by atoms with E-state index in [0.29, 0.717) is 18.6 Å². The standard InChI is InChI=1S/C17H20N4O2S3/c1-18-26(22,23)12-6-11-25-17-20-19-16(13-15-9-5-10-24-15)21(17)14-7-3-2-4-8-14/h2-5,7-10,18H,6,11-13H2,1H3. The number of rotatable bonds is 9. The number of hydrogen-bond donors (Lipinski definition) is 1. The van der Waals surface area contributed by atoms with Gasteiger partial charge in [0, 0.05) is 22.7 Å². The lowest BCUT2D eigenvalue weighted by Gasteiger charge is -2.10. The van der Waals surface area contributed by atoms with Crippen molar-refractivity contribution >= 4 is 33.1 Å². The Labute approximate surface area is 161 Å². The normalized spacial score (nSPS) is 11.7. The zero-order chi connectivity index (χ0) is 18.4. The molecule has 0 saturated heterocycles. The summed E-state index contributed by atoms with van der Waals surface area (Å²) in [7, 11) is -1.73. The lowest BCUT2D eigenvalue weighted by molar-refractivity contribution is 0.587. The van der Waals surface area contributed by atoms with E-state index in [1.165, 1.54) is 23.7 Å². The van der Waals surface area contributed by atoms with Gasteiger partial charge in [-0.2, -0.15) is 0 Å². The Hall–Kier alpha value is -1.68. The van der Waals surface area contributed by atoms with Gasteiger partial charge < -0.3 is 0 Å². The molecular weight excluding hydrogens is 388 g/mol. The third-order valence-corrected chi connectivity index (χ3v) is 7.07. The number of nitrogens with zero attached hydrogens (tertiary/aromatic N) is 3. The first-order chi connectivity index (χ1) is 12.6. The second kappa shape index (κ2) is 8.81. The first kappa shape index (κ1) is 19.1. The second-order valence-electron chi connectivity index (χ2n) is 5.55. The quantitative estimate of drug-likeness (QED) is 0.435. The number of thiophene rings is 1. The Kier molecular flexibility index (Phi) is 6.47. The summed E-state index contributed by atoms with van der Waals surface area (Å²) in [5.41, 5.74) is 1.01. The highest BCUT2D eigenvalue weighted by atomic mass is 32.2. The molecule has 1 N–H and O–H groups in total. The summed E-state index contributed by atoms with van der Waals surface area (Å²) in [6, 6.07) is 14.1. The fraction of sp³-hybridized carbons (Fsp3) is 0.294. The molecule has 0 aliphatic carbocycles. The van der Waals surface area contributed by atoms with E-state index in [9.17, 15) is 8.42 Å². The molecule has 138 valence electrons. The minimum atomic E-state index is -3.17. The van der Waals surface area contributed by atoms with Crippen molar-refractivity contribution in [3.8, 4) is 5.69 Å². The first-order valence-electron chi connectivity index (χ1n) is 8.15. The Morgan fingerprint density at radius 1 is 1.15 bits per heavy atom. The minimum Gasteiger partial charge on any atom is -0.274 e. The van der Waals surface area contributed by atoms with Gasteiger partial charge in [0.25, 0.3) is 0 Å². The van der Waals surface area contributed by atoms with Crippen LogP contribution in [0.15, 0.2) is 53.0 Å². The second-order valence-corrected chi connectivity index (χ2v) is 9.69. The van der Waals surface area contributed by atoms with Gasteiger partial charge in [-0.3, -0.25) is 4.57 Å². The van der Waals surface area contributed by atoms with Crippen molar-refractivity contribution in [1.29, 1.82) is 0 Å². The van der Waals surface area contributed by atoms with E-state index in [4.69, 9.17) is 0 Å². The lowest BCUT2D eigenvalue weighted by atomic mass is 10.3. The molecule has 26 heavy (non-hydrogen) atoms. The average molecular weight is 409 g/mol. The summed E-state index contributed by atoms with van der Waals surface area (Å²) in [5, 5.41) is 11.6. The topological polar surface area (TPSA) is 76.9 Å². The van der Waals surface area contributed by atoms with E-state index < -0.39 is 10.0 Å². The van der Waals surface area contributed by atoms with Crippen LogP contribution < -0.4 is 4.72 Å². The smallest absolute Gasteiger partial charge is 0.211 e. The molecule has 0 unspecified atom stereocenters. The third-order valence-electron chi connectivity index (χ3n) is 3.73. The van der Waals surface area contributed by atoms with Crippen LogP contribution in [0.2, 0.25) is 0 Å². The molecule has 0 fully saturated rings. The number of sulfonamides is 1. The van der Waals surface area contributed by atoms with Crippen molar-refractivity contribution in [3.05, 3.63) is 58.5 Å². The number of aromatic nitrogens is 3. The molecule has 0 aliphatic rings. The highest BCUT2D eigenvalue weighted by Crippen LogP contribution is 2.25. The third kappa shape index (κ3) is 4.94. The van der Waals surface area contributed by atoms with E-state index in [-0.39, 0.29) is 5.75 Å². The fourth-order valence-corrected chi connectivity index (χ4v) is 4.95. The van der Waals surface area contributed by atoms with Gasteiger partial charge in [-0.1, -0.05) is 36.0 Å². The van der Waals surface area contributed by atoms with Crippen molar-refractivity contribution < 1.29 is 8.42 Å². The van der Waals surface area contributed by atoms with E-state index in [1.54, 1.807) is 11.3 Å². The Balaban J connectivity index is 1.78. The Morgan fingerprint density at radius 2 is 1.96 bits per heavy atom. The SMILES string of the molecule is CNS(=O)(=O)CCCSc1nnc(Cc2cccs2)n1-c1ccccc1. The molecule has 2 heterocycles. The number of hydrogen-bond acceptors (Lipinski definition) is 6. The molecule has 0 aliphatic heterocycles. The maximum Gasteiger partial charge on any atom is 0.211 e. The van der Waals surface area contributed by atoms with Crippen molar-refractivity contribution in [2.75, 3.05) is 18.6 Å². The predicted molar refractivity (Wildman–Crippen MR) is 107 cm³/mol. The molecule has 2 aromatic heterocycles. The van der Waals surface area contributed by atoms with E-state index in [0.717, 1.165) is 16.7 Å². The van der Waals surface area contributed by atoms with Crippen LogP contribution in [0.3, 0.4) is 0 Å². The lowest BCUT2D eigenvalue weighted by Crippen LogP contribution is -2.22. The summed E-state index contributed by atoms with van der Waals surface area (Å²) in [6.07, 6.45) is 1.27. The summed E-state index contributed by atoms with van der Waals surface area (Å²) >= 11 is 3.22. The Morgan fingerprint density at radius 3 is 2.65 bits per heavy atom. The van der Waals surface area contributed by atoms with Crippen molar-refractivity contribution in [2.24, 2.45) is 0 Å². The van der Waals surface area contributed by atoms with Gasteiger partial charge in [0.15, 0.2) is 5.16 Å². The van der Waals surface area contributed by atoms with Crippen LogP contribution in [0.1, 0.15) is 17.1 Å². The highest BCUT2D eigenvalue weighted by molar-refractivity contribution is 7.99. The van der Waals surface area contributed by atoms with Gasteiger partial charge >= 0.3 is 0 Å². The van der Waals surface area contributed by atoms with Crippen LogP contribution >= 0.6 is 23.1 Å². The van der Waals surface area contributed by atoms with E-state index in [1.807, 2.05) is 36.4 Å². The van der Waals surface area contributed by atoms with Crippen LogP contribution in [-0.4, -0.2) is 41.7 Å². The molecule has 3 rings (SSSR count). The number of para-hydroxylation sites is 1. The van der Waals surface area contributed by atoms with Gasteiger partial charge in [-0.15, -0.1) is 21.5 Å². The van der Waals surface area contributed by atoms with E-state index in [2.05, 4.69) is 30.9 Å². The number of benzene rings is 1. The molecule has 6 nitrogen and oxygen atoms in total.